The van der Waals surface area contributed by atoms with Crippen LogP contribution in [0, 0.1) is 0 Å². The number of nitrogens with zero attached hydrogens (tertiary/aromatic N) is 1. The van der Waals surface area contributed by atoms with Crippen molar-refractivity contribution in [3.63, 3.8) is 0 Å². The lowest BCUT2D eigenvalue weighted by Gasteiger charge is -2.07. The van der Waals surface area contributed by atoms with Crippen molar-refractivity contribution < 1.29 is 13.2 Å². The van der Waals surface area contributed by atoms with Crippen LogP contribution in [0.2, 0.25) is 5.02 Å². The Kier molecular flexibility index (Phi) is 4.15. The Balaban J connectivity index is 2.31. The average Bonchev–Trinajstić information content (AvgIpc) is 2.39. The SMILES string of the molecule is CS(=O)(=O)c1cc(N)cc(C(=O)Nc2ccc(Cl)cn2)c1. The molecule has 21 heavy (non-hydrogen) atoms. The number of rotatable bonds is 3. The summed E-state index contributed by atoms with van der Waals surface area (Å²) in [7, 11) is -3.45. The first-order valence-corrected chi connectivity index (χ1v) is 8.06. The third kappa shape index (κ3) is 3.93. The Morgan fingerprint density at radius 1 is 1.29 bits per heavy atom. The molecule has 0 aliphatic rings. The maximum absolute atomic E-state index is 12.1. The van der Waals surface area contributed by atoms with Crippen molar-refractivity contribution in [3.05, 3.63) is 47.1 Å². The van der Waals surface area contributed by atoms with Gasteiger partial charge in [0.15, 0.2) is 9.84 Å². The Hall–Kier alpha value is -2.12. The zero-order valence-electron chi connectivity index (χ0n) is 11.0. The van der Waals surface area contributed by atoms with Gasteiger partial charge in [0.05, 0.1) is 9.92 Å². The highest BCUT2D eigenvalue weighted by atomic mass is 35.5. The number of carbonyl (C=O) groups is 1. The summed E-state index contributed by atoms with van der Waals surface area (Å²) >= 11 is 5.70. The van der Waals surface area contributed by atoms with Crippen LogP contribution in [0.5, 0.6) is 0 Å². The molecular weight excluding hydrogens is 314 g/mol. The molecule has 0 saturated carbocycles. The molecule has 1 amide bonds. The van der Waals surface area contributed by atoms with Crippen LogP contribution in [0.1, 0.15) is 10.4 Å². The van der Waals surface area contributed by atoms with Crippen LogP contribution in [0.3, 0.4) is 0 Å². The van der Waals surface area contributed by atoms with Gasteiger partial charge >= 0.3 is 0 Å². The van der Waals surface area contributed by atoms with Crippen molar-refractivity contribution in [2.75, 3.05) is 17.3 Å². The molecule has 0 unspecified atom stereocenters. The standard InChI is InChI=1S/C13H12ClN3O3S/c1-21(19,20)11-5-8(4-10(15)6-11)13(18)17-12-3-2-9(14)7-16-12/h2-7H,15H2,1H3,(H,16,17,18). The second-order valence-corrected chi connectivity index (χ2v) is 6.83. The maximum Gasteiger partial charge on any atom is 0.256 e. The van der Waals surface area contributed by atoms with Gasteiger partial charge in [0, 0.05) is 23.7 Å². The number of sulfone groups is 1. The minimum atomic E-state index is -3.45. The van der Waals surface area contributed by atoms with Gasteiger partial charge in [0.2, 0.25) is 0 Å². The number of amides is 1. The van der Waals surface area contributed by atoms with E-state index in [0.29, 0.717) is 10.8 Å². The molecule has 3 N–H and O–H groups in total. The molecule has 1 aromatic carbocycles. The summed E-state index contributed by atoms with van der Waals surface area (Å²) in [4.78, 5) is 16.0. The molecule has 2 rings (SSSR count). The van der Waals surface area contributed by atoms with Crippen molar-refractivity contribution in [1.82, 2.24) is 4.98 Å². The van der Waals surface area contributed by atoms with Crippen molar-refractivity contribution in [2.45, 2.75) is 4.90 Å². The monoisotopic (exact) mass is 325 g/mol. The van der Waals surface area contributed by atoms with Gasteiger partial charge in [-0.05, 0) is 30.3 Å². The fourth-order valence-electron chi connectivity index (χ4n) is 1.61. The van der Waals surface area contributed by atoms with Crippen LogP contribution >= 0.6 is 11.6 Å². The number of halogens is 1. The van der Waals surface area contributed by atoms with E-state index in [-0.39, 0.29) is 16.1 Å². The first-order valence-electron chi connectivity index (χ1n) is 5.79. The molecule has 2 aromatic rings. The van der Waals surface area contributed by atoms with Gasteiger partial charge in [0.25, 0.3) is 5.91 Å². The van der Waals surface area contributed by atoms with Gasteiger partial charge < -0.3 is 11.1 Å². The molecule has 6 nitrogen and oxygen atoms in total. The molecule has 8 heteroatoms. The summed E-state index contributed by atoms with van der Waals surface area (Å²) in [5, 5.41) is 2.97. The minimum Gasteiger partial charge on any atom is -0.399 e. The topological polar surface area (TPSA) is 102 Å². The highest BCUT2D eigenvalue weighted by Gasteiger charge is 2.14. The summed E-state index contributed by atoms with van der Waals surface area (Å²) in [5.74, 6) is -0.213. The van der Waals surface area contributed by atoms with Crippen molar-refractivity contribution in [2.24, 2.45) is 0 Å². The van der Waals surface area contributed by atoms with Gasteiger partial charge in [-0.25, -0.2) is 13.4 Å². The number of aromatic nitrogens is 1. The van der Waals surface area contributed by atoms with Crippen molar-refractivity contribution in [3.8, 4) is 0 Å². The minimum absolute atomic E-state index is 0.0169. The van der Waals surface area contributed by atoms with E-state index in [2.05, 4.69) is 10.3 Å². The highest BCUT2D eigenvalue weighted by molar-refractivity contribution is 7.90. The van der Waals surface area contributed by atoms with Crippen LogP contribution in [0.25, 0.3) is 0 Å². The molecule has 0 aliphatic carbocycles. The number of hydrogen-bond acceptors (Lipinski definition) is 5. The fourth-order valence-corrected chi connectivity index (χ4v) is 2.41. The van der Waals surface area contributed by atoms with Crippen molar-refractivity contribution >= 4 is 38.9 Å². The molecule has 0 radical (unpaired) electrons. The van der Waals surface area contributed by atoms with E-state index in [1.807, 2.05) is 0 Å². The van der Waals surface area contributed by atoms with Crippen LogP contribution < -0.4 is 11.1 Å². The Bertz CT molecular complexity index is 789. The third-order valence-corrected chi connectivity index (χ3v) is 3.90. The molecule has 0 bridgehead atoms. The number of nitrogens with one attached hydrogen (secondary N) is 1. The Labute approximate surface area is 126 Å². The summed E-state index contributed by atoms with van der Waals surface area (Å²) < 4.78 is 23.1. The molecular formula is C13H12ClN3O3S. The lowest BCUT2D eigenvalue weighted by molar-refractivity contribution is 0.102. The predicted molar refractivity (Wildman–Crippen MR) is 81.2 cm³/mol. The zero-order chi connectivity index (χ0) is 15.6. The summed E-state index contributed by atoms with van der Waals surface area (Å²) in [5.41, 5.74) is 5.95. The number of hydrogen-bond donors (Lipinski definition) is 2. The van der Waals surface area contributed by atoms with Gasteiger partial charge in [-0.3, -0.25) is 4.79 Å². The summed E-state index contributed by atoms with van der Waals surface area (Å²) in [6.45, 7) is 0. The van der Waals surface area contributed by atoms with E-state index in [0.717, 1.165) is 6.26 Å². The summed E-state index contributed by atoms with van der Waals surface area (Å²) in [6, 6.07) is 7.05. The van der Waals surface area contributed by atoms with Crippen LogP contribution in [0.4, 0.5) is 11.5 Å². The summed E-state index contributed by atoms with van der Waals surface area (Å²) in [6.07, 6.45) is 2.43. The molecule has 0 atom stereocenters. The van der Waals surface area contributed by atoms with E-state index in [1.165, 1.54) is 30.5 Å². The van der Waals surface area contributed by atoms with E-state index < -0.39 is 15.7 Å². The third-order valence-electron chi connectivity index (χ3n) is 2.59. The predicted octanol–water partition coefficient (Wildman–Crippen LogP) is 1.97. The Morgan fingerprint density at radius 2 is 2.00 bits per heavy atom. The fraction of sp³-hybridized carbons (Fsp3) is 0.0769. The molecule has 110 valence electrons. The molecule has 0 spiro atoms. The quantitative estimate of drug-likeness (QED) is 0.840. The molecule has 1 heterocycles. The first-order chi connectivity index (χ1) is 9.75. The Morgan fingerprint density at radius 3 is 2.57 bits per heavy atom. The largest absolute Gasteiger partial charge is 0.399 e. The number of nitrogen functional groups attached to an aromatic ring is 1. The van der Waals surface area contributed by atoms with E-state index in [9.17, 15) is 13.2 Å². The van der Waals surface area contributed by atoms with Gasteiger partial charge in [-0.15, -0.1) is 0 Å². The number of nitrogens with two attached hydrogens (primary N) is 1. The van der Waals surface area contributed by atoms with Crippen LogP contribution in [-0.4, -0.2) is 25.6 Å². The number of carbonyl (C=O) groups excluding carboxylic acids is 1. The second kappa shape index (κ2) is 5.71. The maximum atomic E-state index is 12.1. The van der Waals surface area contributed by atoms with Gasteiger partial charge in [0.1, 0.15) is 5.82 Å². The van der Waals surface area contributed by atoms with E-state index in [1.54, 1.807) is 6.07 Å². The van der Waals surface area contributed by atoms with Crippen LogP contribution in [0.15, 0.2) is 41.4 Å². The van der Waals surface area contributed by atoms with E-state index >= 15 is 0 Å². The lowest BCUT2D eigenvalue weighted by Crippen LogP contribution is -2.14. The number of benzene rings is 1. The lowest BCUT2D eigenvalue weighted by atomic mass is 10.2. The second-order valence-electron chi connectivity index (χ2n) is 4.38. The first kappa shape index (κ1) is 15.3. The average molecular weight is 326 g/mol. The normalized spacial score (nSPS) is 11.1. The molecule has 0 aliphatic heterocycles. The molecule has 1 aromatic heterocycles. The zero-order valence-corrected chi connectivity index (χ0v) is 12.6. The highest BCUT2D eigenvalue weighted by Crippen LogP contribution is 2.18. The smallest absolute Gasteiger partial charge is 0.256 e. The van der Waals surface area contributed by atoms with Gasteiger partial charge in [-0.2, -0.15) is 0 Å². The molecule has 0 saturated heterocycles. The molecule has 0 fully saturated rings. The van der Waals surface area contributed by atoms with Gasteiger partial charge in [-0.1, -0.05) is 11.6 Å². The van der Waals surface area contributed by atoms with Crippen molar-refractivity contribution in [1.29, 1.82) is 0 Å². The number of anilines is 2. The number of pyridine rings is 1. The van der Waals surface area contributed by atoms with E-state index in [4.69, 9.17) is 17.3 Å². The van der Waals surface area contributed by atoms with Crippen LogP contribution in [-0.2, 0) is 9.84 Å².